The number of carboxylic acids is 2. The van der Waals surface area contributed by atoms with Gasteiger partial charge in [0.15, 0.2) is 0 Å². The summed E-state index contributed by atoms with van der Waals surface area (Å²) in [5, 5.41) is 34.9. The largest absolute Gasteiger partial charge is 0.542 e. The number of nitrogens with zero attached hydrogens (tertiary/aromatic N) is 1. The van der Waals surface area contributed by atoms with Gasteiger partial charge < -0.3 is 19.7 Å². The van der Waals surface area contributed by atoms with E-state index in [0.717, 1.165) is 0 Å². The minimum absolute atomic E-state index is 0.287. The zero-order chi connectivity index (χ0) is 24.3. The summed E-state index contributed by atoms with van der Waals surface area (Å²) < 4.78 is 2.67. The molecule has 0 spiro atoms. The van der Waals surface area contributed by atoms with Crippen LogP contribution in [0.3, 0.4) is 0 Å². The van der Waals surface area contributed by atoms with Gasteiger partial charge in [-0.1, -0.05) is 51.1 Å². The zero-order valence-corrected chi connectivity index (χ0v) is 18.0. The number of carboxylic acid groups (broad SMARTS) is 2. The van der Waals surface area contributed by atoms with E-state index in [2.05, 4.69) is 0 Å². The van der Waals surface area contributed by atoms with Gasteiger partial charge in [-0.2, -0.15) is 5.21 Å². The molecule has 2 atom stereocenters. The maximum atomic E-state index is 12.5. The van der Waals surface area contributed by atoms with Gasteiger partial charge in [-0.25, -0.2) is 14.4 Å². The van der Waals surface area contributed by atoms with Gasteiger partial charge in [0.25, 0.3) is 5.66 Å². The molecule has 1 aromatic carbocycles. The standard InChI is InChI=1S/C21H26N2O9/c1-20(2,3)14(17(26)27)11-21(18(28)29,23(31)15(24)9-10-16(23)25)22-19(30)32-12-13-7-5-4-6-8-13/h4-8,14,31H,9-12H2,1-3H3,(H2-,22,26,27,28,29,30)/t14?,21-/m1/s1. The third-order valence-electron chi connectivity index (χ3n) is 5.53. The molecule has 32 heavy (non-hydrogen) atoms. The van der Waals surface area contributed by atoms with Crippen LogP contribution in [0.4, 0.5) is 4.79 Å². The summed E-state index contributed by atoms with van der Waals surface area (Å²) in [6.45, 7) is 4.20. The maximum absolute atomic E-state index is 12.5. The van der Waals surface area contributed by atoms with Crippen molar-refractivity contribution in [1.82, 2.24) is 5.32 Å². The lowest BCUT2D eigenvalue weighted by atomic mass is 9.75. The highest BCUT2D eigenvalue weighted by Gasteiger charge is 2.68. The molecule has 0 bridgehead atoms. The molecule has 1 aliphatic heterocycles. The molecule has 1 heterocycles. The Morgan fingerprint density at radius 1 is 1.12 bits per heavy atom. The van der Waals surface area contributed by atoms with Crippen LogP contribution in [0.25, 0.3) is 0 Å². The molecular weight excluding hydrogens is 424 g/mol. The lowest BCUT2D eigenvalue weighted by molar-refractivity contribution is -1.01. The van der Waals surface area contributed by atoms with E-state index < -0.39 is 70.8 Å². The van der Waals surface area contributed by atoms with Gasteiger partial charge in [-0.3, -0.25) is 10.1 Å². The van der Waals surface area contributed by atoms with E-state index in [0.29, 0.717) is 5.56 Å². The minimum atomic E-state index is -3.12. The molecule has 1 aliphatic rings. The first-order valence-electron chi connectivity index (χ1n) is 9.87. The van der Waals surface area contributed by atoms with E-state index in [1.165, 1.54) is 20.8 Å². The number of alkyl carbamates (subject to hydrolysis) is 1. The second-order valence-corrected chi connectivity index (χ2v) is 8.72. The third-order valence-corrected chi connectivity index (χ3v) is 5.53. The number of amides is 3. The summed E-state index contributed by atoms with van der Waals surface area (Å²) in [6, 6.07) is 8.35. The Hall–Kier alpha value is -3.31. The van der Waals surface area contributed by atoms with Crippen molar-refractivity contribution in [3.05, 3.63) is 35.9 Å². The number of hydrogen-bond acceptors (Lipinski definition) is 8. The second-order valence-electron chi connectivity index (χ2n) is 8.72. The third kappa shape index (κ3) is 4.63. The van der Waals surface area contributed by atoms with Crippen molar-refractivity contribution in [1.29, 1.82) is 0 Å². The van der Waals surface area contributed by atoms with E-state index in [-0.39, 0.29) is 6.61 Å². The van der Waals surface area contributed by atoms with Gasteiger partial charge in [0.2, 0.25) is 0 Å². The van der Waals surface area contributed by atoms with Crippen LogP contribution in [0.2, 0.25) is 0 Å². The molecule has 174 valence electrons. The van der Waals surface area contributed by atoms with Crippen molar-refractivity contribution in [2.24, 2.45) is 11.3 Å². The molecule has 0 radical (unpaired) electrons. The summed E-state index contributed by atoms with van der Waals surface area (Å²) in [4.78, 5) is 61.8. The van der Waals surface area contributed by atoms with E-state index in [9.17, 15) is 39.4 Å². The first-order chi connectivity index (χ1) is 14.8. The van der Waals surface area contributed by atoms with Crippen LogP contribution in [0.1, 0.15) is 45.6 Å². The number of likely N-dealkylation sites (tertiary alicyclic amines) is 1. The number of ether oxygens (including phenoxy) is 1. The normalized spacial score (nSPS) is 18.5. The molecule has 0 saturated carbocycles. The van der Waals surface area contributed by atoms with Crippen LogP contribution < -0.4 is 10.4 Å². The van der Waals surface area contributed by atoms with Crippen LogP contribution in [0.5, 0.6) is 0 Å². The number of benzene rings is 1. The minimum Gasteiger partial charge on any atom is -0.542 e. The Bertz CT molecular complexity index is 907. The average Bonchev–Trinajstić information content (AvgIpc) is 2.97. The number of hydroxylamine groups is 3. The number of hydrogen-bond donors (Lipinski definition) is 3. The van der Waals surface area contributed by atoms with Gasteiger partial charge in [0.1, 0.15) is 12.6 Å². The topological polar surface area (TPSA) is 170 Å². The smallest absolute Gasteiger partial charge is 0.412 e. The zero-order valence-electron chi connectivity index (χ0n) is 18.0. The maximum Gasteiger partial charge on any atom is 0.412 e. The molecule has 3 N–H and O–H groups in total. The number of aliphatic carboxylic acids is 2. The molecule has 11 heteroatoms. The highest BCUT2D eigenvalue weighted by molar-refractivity contribution is 5.96. The predicted octanol–water partition coefficient (Wildman–Crippen LogP) is 0.549. The molecule has 1 saturated heterocycles. The fraction of sp³-hybridized carbons (Fsp3) is 0.476. The number of rotatable bonds is 8. The molecule has 0 aliphatic carbocycles. The van der Waals surface area contributed by atoms with Gasteiger partial charge in [0.05, 0.1) is 18.8 Å². The molecule has 1 fully saturated rings. The molecule has 1 aromatic rings. The number of carbonyl (C=O) groups excluding carboxylic acids is 4. The first-order valence-corrected chi connectivity index (χ1v) is 9.87. The number of quaternary nitrogens is 1. The van der Waals surface area contributed by atoms with Crippen LogP contribution in [-0.4, -0.2) is 50.5 Å². The molecule has 3 amide bonds. The summed E-state index contributed by atoms with van der Waals surface area (Å²) in [5.74, 6) is -7.57. The SMILES string of the molecule is CC(C)(C)C(C[C@](NC(=O)OCc1ccccc1)(C(=O)[O-])[N+]1(O)C(=O)CCC1=O)C(=O)O. The van der Waals surface area contributed by atoms with Crippen LogP contribution in [-0.2, 0) is 30.5 Å². The van der Waals surface area contributed by atoms with E-state index in [1.54, 1.807) is 30.3 Å². The summed E-state index contributed by atoms with van der Waals surface area (Å²) in [5.41, 5.74) is -3.64. The highest BCUT2D eigenvalue weighted by atomic mass is 16.6. The summed E-state index contributed by atoms with van der Waals surface area (Å²) in [7, 11) is 0. The van der Waals surface area contributed by atoms with Crippen LogP contribution in [0.15, 0.2) is 30.3 Å². The van der Waals surface area contributed by atoms with Crippen molar-refractivity contribution in [2.75, 3.05) is 0 Å². The summed E-state index contributed by atoms with van der Waals surface area (Å²) in [6.07, 6.45) is -3.37. The van der Waals surface area contributed by atoms with Crippen LogP contribution in [0, 0.1) is 11.3 Å². The van der Waals surface area contributed by atoms with Crippen molar-refractivity contribution in [3.8, 4) is 0 Å². The highest BCUT2D eigenvalue weighted by Crippen LogP contribution is 2.39. The number of imide groups is 1. The molecule has 11 nitrogen and oxygen atoms in total. The summed E-state index contributed by atoms with van der Waals surface area (Å²) >= 11 is 0. The predicted molar refractivity (Wildman–Crippen MR) is 104 cm³/mol. The quantitative estimate of drug-likeness (QED) is 0.291. The monoisotopic (exact) mass is 450 g/mol. The molecule has 2 rings (SSSR count). The fourth-order valence-corrected chi connectivity index (χ4v) is 3.62. The van der Waals surface area contributed by atoms with Crippen LogP contribution >= 0.6 is 0 Å². The Balaban J connectivity index is 2.50. The Morgan fingerprint density at radius 2 is 1.66 bits per heavy atom. The van der Waals surface area contributed by atoms with E-state index >= 15 is 0 Å². The lowest BCUT2D eigenvalue weighted by Gasteiger charge is -2.44. The molecule has 1 unspecified atom stereocenters. The fourth-order valence-electron chi connectivity index (χ4n) is 3.62. The van der Waals surface area contributed by atoms with E-state index in [1.807, 2.05) is 5.32 Å². The second kappa shape index (κ2) is 9.05. The van der Waals surface area contributed by atoms with Gasteiger partial charge in [0, 0.05) is 6.42 Å². The van der Waals surface area contributed by atoms with Crippen molar-refractivity contribution in [2.45, 2.75) is 52.3 Å². The number of carbonyl (C=O) groups is 5. The Labute approximate surface area is 184 Å². The molecular formula is C21H26N2O9. The average molecular weight is 450 g/mol. The van der Waals surface area contributed by atoms with E-state index in [4.69, 9.17) is 4.74 Å². The first kappa shape index (κ1) is 25.0. The van der Waals surface area contributed by atoms with Crippen molar-refractivity contribution in [3.63, 3.8) is 0 Å². The Morgan fingerprint density at radius 3 is 2.09 bits per heavy atom. The Kier molecular flexibility index (Phi) is 7.06. The lowest BCUT2D eigenvalue weighted by Crippen LogP contribution is -2.79. The van der Waals surface area contributed by atoms with Gasteiger partial charge in [-0.05, 0) is 15.6 Å². The van der Waals surface area contributed by atoms with Crippen molar-refractivity contribution < 1.29 is 48.8 Å². The number of nitrogens with one attached hydrogen (secondary N) is 1. The van der Waals surface area contributed by atoms with Crippen molar-refractivity contribution >= 4 is 29.8 Å². The van der Waals surface area contributed by atoms with Gasteiger partial charge >= 0.3 is 23.9 Å². The van der Waals surface area contributed by atoms with Gasteiger partial charge in [-0.15, -0.1) is 0 Å². The molecule has 0 aromatic heterocycles.